The van der Waals surface area contributed by atoms with Gasteiger partial charge in [-0.1, -0.05) is 24.3 Å². The average Bonchev–Trinajstić information content (AvgIpc) is 3.31. The topological polar surface area (TPSA) is 104 Å². The van der Waals surface area contributed by atoms with E-state index in [-0.39, 0.29) is 9.79 Å². The fourth-order valence-corrected chi connectivity index (χ4v) is 6.59. The number of hydrogen-bond acceptors (Lipinski definition) is 5. The number of aliphatic hydroxyl groups is 1. The predicted molar refractivity (Wildman–Crippen MR) is 104 cm³/mol. The van der Waals surface area contributed by atoms with E-state index in [9.17, 15) is 21.9 Å². The Morgan fingerprint density at radius 1 is 0.893 bits per heavy atom. The molecule has 150 valence electrons. The fourth-order valence-electron chi connectivity index (χ4n) is 3.82. The van der Waals surface area contributed by atoms with Crippen LogP contribution in [0.25, 0.3) is 0 Å². The summed E-state index contributed by atoms with van der Waals surface area (Å²) in [4.78, 5) is 0.0454. The van der Waals surface area contributed by atoms with Gasteiger partial charge < -0.3 is 5.11 Å². The van der Waals surface area contributed by atoms with E-state index in [4.69, 9.17) is 0 Å². The van der Waals surface area contributed by atoms with E-state index in [1.54, 1.807) is 12.1 Å². The molecular weight excluding hydrogens is 400 g/mol. The molecule has 0 saturated carbocycles. The Morgan fingerprint density at radius 2 is 1.50 bits per heavy atom. The molecule has 1 saturated heterocycles. The molecule has 2 atom stereocenters. The average molecular weight is 423 g/mol. The first-order valence-electron chi connectivity index (χ1n) is 9.17. The monoisotopic (exact) mass is 422 g/mol. The van der Waals surface area contributed by atoms with Crippen molar-refractivity contribution in [3.8, 4) is 0 Å². The number of nitrogens with zero attached hydrogens (tertiary/aromatic N) is 1. The molecule has 1 aliphatic heterocycles. The zero-order valence-electron chi connectivity index (χ0n) is 15.2. The molecule has 0 spiro atoms. The molecule has 2 aliphatic rings. The van der Waals surface area contributed by atoms with Crippen LogP contribution in [-0.2, 0) is 26.5 Å². The first kappa shape index (κ1) is 19.5. The second-order valence-corrected chi connectivity index (χ2v) is 10.8. The van der Waals surface area contributed by atoms with Crippen molar-refractivity contribution in [2.24, 2.45) is 0 Å². The summed E-state index contributed by atoms with van der Waals surface area (Å²) in [6.45, 7) is 0.978. The Kier molecular flexibility index (Phi) is 5.05. The largest absolute Gasteiger partial charge is 0.391 e. The molecule has 28 heavy (non-hydrogen) atoms. The lowest BCUT2D eigenvalue weighted by atomic mass is 10.1. The highest BCUT2D eigenvalue weighted by Gasteiger charge is 2.34. The summed E-state index contributed by atoms with van der Waals surface area (Å²) < 4.78 is 54.7. The lowest BCUT2D eigenvalue weighted by molar-refractivity contribution is 0.151. The maximum atomic E-state index is 12.8. The molecule has 0 amide bonds. The van der Waals surface area contributed by atoms with Crippen molar-refractivity contribution in [2.75, 3.05) is 13.1 Å². The Morgan fingerprint density at radius 3 is 2.18 bits per heavy atom. The van der Waals surface area contributed by atoms with Crippen LogP contribution in [-0.4, -0.2) is 45.4 Å². The number of fused-ring (bicyclic) bond motifs is 1. The van der Waals surface area contributed by atoms with Crippen LogP contribution in [0.3, 0.4) is 0 Å². The van der Waals surface area contributed by atoms with Crippen LogP contribution in [0, 0.1) is 0 Å². The van der Waals surface area contributed by atoms with E-state index in [1.807, 2.05) is 12.1 Å². The highest BCUT2D eigenvalue weighted by atomic mass is 32.2. The van der Waals surface area contributed by atoms with Gasteiger partial charge in [0.25, 0.3) is 0 Å². The van der Waals surface area contributed by atoms with Crippen molar-refractivity contribution in [2.45, 2.75) is 41.2 Å². The summed E-state index contributed by atoms with van der Waals surface area (Å²) in [7, 11) is -7.51. The van der Waals surface area contributed by atoms with Crippen molar-refractivity contribution in [3.05, 3.63) is 59.7 Å². The van der Waals surface area contributed by atoms with Crippen molar-refractivity contribution in [3.63, 3.8) is 0 Å². The van der Waals surface area contributed by atoms with E-state index in [2.05, 4.69) is 4.72 Å². The molecule has 2 N–H and O–H groups in total. The van der Waals surface area contributed by atoms with Crippen LogP contribution in [0.15, 0.2) is 58.3 Å². The molecule has 4 rings (SSSR count). The van der Waals surface area contributed by atoms with Crippen LogP contribution < -0.4 is 4.72 Å². The third-order valence-corrected chi connectivity index (χ3v) is 8.69. The zero-order valence-corrected chi connectivity index (χ0v) is 16.8. The fraction of sp³-hybridized carbons (Fsp3) is 0.368. The first-order chi connectivity index (χ1) is 13.3. The number of rotatable bonds is 5. The standard InChI is InChI=1S/C19H22N2O5S2/c22-18-13-14-5-1-2-6-17(14)19(18)20-27(23,24)15-7-9-16(10-8-15)28(25,26)21-11-3-4-12-21/h1-2,5-10,18-20,22H,3-4,11-13H2/t18-,19+/m0/s1. The van der Waals surface area contributed by atoms with Gasteiger partial charge >= 0.3 is 0 Å². The third-order valence-electron chi connectivity index (χ3n) is 5.32. The minimum Gasteiger partial charge on any atom is -0.391 e. The number of sulfonamides is 2. The molecule has 7 nitrogen and oxygen atoms in total. The molecule has 1 heterocycles. The highest BCUT2D eigenvalue weighted by molar-refractivity contribution is 7.89. The van der Waals surface area contributed by atoms with Crippen molar-refractivity contribution in [1.82, 2.24) is 9.03 Å². The minimum absolute atomic E-state index is 0.0375. The Hall–Kier alpha value is -1.78. The summed E-state index contributed by atoms with van der Waals surface area (Å²) in [6.07, 6.45) is 1.21. The quantitative estimate of drug-likeness (QED) is 0.758. The van der Waals surface area contributed by atoms with Gasteiger partial charge in [0.1, 0.15) is 0 Å². The lowest BCUT2D eigenvalue weighted by Crippen LogP contribution is -2.34. The van der Waals surface area contributed by atoms with Crippen molar-refractivity contribution in [1.29, 1.82) is 0 Å². The van der Waals surface area contributed by atoms with Gasteiger partial charge in [0.05, 0.1) is 21.9 Å². The summed E-state index contributed by atoms with van der Waals surface area (Å²) >= 11 is 0. The van der Waals surface area contributed by atoms with Crippen molar-refractivity contribution >= 4 is 20.0 Å². The van der Waals surface area contributed by atoms with Gasteiger partial charge in [0, 0.05) is 19.5 Å². The summed E-state index contributed by atoms with van der Waals surface area (Å²) in [6, 6.07) is 11.8. The normalized spacial score (nSPS) is 23.0. The van der Waals surface area contributed by atoms with Crippen LogP contribution in [0.1, 0.15) is 30.0 Å². The van der Waals surface area contributed by atoms with Crippen LogP contribution in [0.4, 0.5) is 0 Å². The molecule has 9 heteroatoms. The molecule has 2 aromatic carbocycles. The number of benzene rings is 2. The number of hydrogen-bond donors (Lipinski definition) is 2. The number of nitrogens with one attached hydrogen (secondary N) is 1. The molecule has 0 unspecified atom stereocenters. The molecule has 1 fully saturated rings. The van der Waals surface area contributed by atoms with Gasteiger partial charge in [0.15, 0.2) is 0 Å². The first-order valence-corrected chi connectivity index (χ1v) is 12.1. The van der Waals surface area contributed by atoms with E-state index in [1.165, 1.54) is 28.6 Å². The third kappa shape index (κ3) is 3.48. The van der Waals surface area contributed by atoms with Gasteiger partial charge in [-0.3, -0.25) is 0 Å². The van der Waals surface area contributed by atoms with Crippen LogP contribution >= 0.6 is 0 Å². The summed E-state index contributed by atoms with van der Waals surface area (Å²) in [5.41, 5.74) is 1.67. The Balaban J connectivity index is 1.57. The lowest BCUT2D eigenvalue weighted by Gasteiger charge is -2.19. The zero-order chi connectivity index (χ0) is 19.9. The second-order valence-electron chi connectivity index (χ2n) is 7.15. The maximum absolute atomic E-state index is 12.8. The van der Waals surface area contributed by atoms with Crippen LogP contribution in [0.2, 0.25) is 0 Å². The van der Waals surface area contributed by atoms with E-state index < -0.39 is 32.2 Å². The molecular formula is C19H22N2O5S2. The van der Waals surface area contributed by atoms with Gasteiger partial charge in [0.2, 0.25) is 20.0 Å². The maximum Gasteiger partial charge on any atom is 0.243 e. The van der Waals surface area contributed by atoms with Crippen molar-refractivity contribution < 1.29 is 21.9 Å². The predicted octanol–water partition coefficient (Wildman–Crippen LogP) is 1.41. The van der Waals surface area contributed by atoms with E-state index in [0.717, 1.165) is 24.0 Å². The highest BCUT2D eigenvalue weighted by Crippen LogP contribution is 2.32. The van der Waals surface area contributed by atoms with Crippen LogP contribution in [0.5, 0.6) is 0 Å². The minimum atomic E-state index is -3.92. The Bertz CT molecular complexity index is 1080. The number of aliphatic hydroxyl groups excluding tert-OH is 1. The SMILES string of the molecule is O=S(=O)(N[C@@H]1c2ccccc2C[C@@H]1O)c1ccc(S(=O)(=O)N2CCCC2)cc1. The smallest absolute Gasteiger partial charge is 0.243 e. The van der Waals surface area contributed by atoms with Gasteiger partial charge in [-0.2, -0.15) is 4.31 Å². The molecule has 0 bridgehead atoms. The molecule has 2 aromatic rings. The molecule has 1 aliphatic carbocycles. The van der Waals surface area contributed by atoms with Gasteiger partial charge in [-0.15, -0.1) is 0 Å². The van der Waals surface area contributed by atoms with E-state index >= 15 is 0 Å². The van der Waals surface area contributed by atoms with E-state index in [0.29, 0.717) is 19.5 Å². The van der Waals surface area contributed by atoms with Gasteiger partial charge in [-0.25, -0.2) is 21.6 Å². The summed E-state index contributed by atoms with van der Waals surface area (Å²) in [5, 5.41) is 10.3. The molecule has 0 radical (unpaired) electrons. The Labute approximate surface area is 165 Å². The summed E-state index contributed by atoms with van der Waals surface area (Å²) in [5.74, 6) is 0. The van der Waals surface area contributed by atoms with Gasteiger partial charge in [-0.05, 0) is 48.2 Å². The molecule has 0 aromatic heterocycles. The second kappa shape index (κ2) is 7.23.